The number of amides is 1. The molecule has 0 fully saturated rings. The van der Waals surface area contributed by atoms with Crippen molar-refractivity contribution in [2.45, 2.75) is 10.1 Å². The zero-order valence-electron chi connectivity index (χ0n) is 9.81. The SMILES string of the molecule is NC(=O)c1cnc(S(=O)(=O)c2ccc([N+](=O)[O-])cc2)[nH]1. The molecular weight excluding hydrogens is 288 g/mol. The van der Waals surface area contributed by atoms with Crippen molar-refractivity contribution >= 4 is 21.4 Å². The standard InChI is InChI=1S/C10H8N4O5S/c11-9(15)8-5-12-10(13-8)20(18,19)7-3-1-6(2-4-7)14(16)17/h1-5H,(H2,11,15)(H,12,13). The Morgan fingerprint density at radius 3 is 2.35 bits per heavy atom. The maximum Gasteiger partial charge on any atom is 0.269 e. The number of carbonyl (C=O) groups excluding carboxylic acids is 1. The minimum Gasteiger partial charge on any atom is -0.364 e. The fraction of sp³-hybridized carbons (Fsp3) is 0. The molecule has 0 aliphatic heterocycles. The van der Waals surface area contributed by atoms with Gasteiger partial charge in [0, 0.05) is 12.1 Å². The van der Waals surface area contributed by atoms with Crippen LogP contribution in [0.5, 0.6) is 0 Å². The molecule has 1 amide bonds. The number of nitrogens with zero attached hydrogens (tertiary/aromatic N) is 2. The molecule has 0 atom stereocenters. The van der Waals surface area contributed by atoms with Crippen molar-refractivity contribution in [2.75, 3.05) is 0 Å². The van der Waals surface area contributed by atoms with Gasteiger partial charge in [0.15, 0.2) is 0 Å². The first kappa shape index (κ1) is 13.7. The monoisotopic (exact) mass is 296 g/mol. The van der Waals surface area contributed by atoms with Gasteiger partial charge in [-0.1, -0.05) is 0 Å². The van der Waals surface area contributed by atoms with Crippen LogP contribution in [0.2, 0.25) is 0 Å². The van der Waals surface area contributed by atoms with Crippen molar-refractivity contribution in [1.29, 1.82) is 0 Å². The molecule has 0 radical (unpaired) electrons. The minimum absolute atomic E-state index is 0.148. The summed E-state index contributed by atoms with van der Waals surface area (Å²) < 4.78 is 24.3. The summed E-state index contributed by atoms with van der Waals surface area (Å²) in [7, 11) is -3.99. The fourth-order valence-corrected chi connectivity index (χ4v) is 2.58. The van der Waals surface area contributed by atoms with Gasteiger partial charge in [0.25, 0.3) is 11.6 Å². The van der Waals surface area contributed by atoms with E-state index in [4.69, 9.17) is 5.73 Å². The average molecular weight is 296 g/mol. The molecule has 2 rings (SSSR count). The van der Waals surface area contributed by atoms with Crippen molar-refractivity contribution in [1.82, 2.24) is 9.97 Å². The van der Waals surface area contributed by atoms with Gasteiger partial charge in [0.05, 0.1) is 16.0 Å². The van der Waals surface area contributed by atoms with E-state index < -0.39 is 25.8 Å². The van der Waals surface area contributed by atoms with E-state index in [-0.39, 0.29) is 16.3 Å². The first-order valence-electron chi connectivity index (χ1n) is 5.16. The topological polar surface area (TPSA) is 149 Å². The van der Waals surface area contributed by atoms with E-state index in [1.54, 1.807) is 0 Å². The Morgan fingerprint density at radius 2 is 1.90 bits per heavy atom. The van der Waals surface area contributed by atoms with Gasteiger partial charge in [-0.05, 0) is 12.1 Å². The van der Waals surface area contributed by atoms with Crippen molar-refractivity contribution in [3.05, 3.63) is 46.3 Å². The number of nitrogens with two attached hydrogens (primary N) is 1. The lowest BCUT2D eigenvalue weighted by Gasteiger charge is -2.00. The predicted octanol–water partition coefficient (Wildman–Crippen LogP) is 0.250. The van der Waals surface area contributed by atoms with Gasteiger partial charge < -0.3 is 10.7 Å². The van der Waals surface area contributed by atoms with Gasteiger partial charge in [-0.15, -0.1) is 0 Å². The quantitative estimate of drug-likeness (QED) is 0.610. The highest BCUT2D eigenvalue weighted by Gasteiger charge is 2.23. The summed E-state index contributed by atoms with van der Waals surface area (Å²) in [6.45, 7) is 0. The molecule has 20 heavy (non-hydrogen) atoms. The van der Waals surface area contributed by atoms with E-state index in [9.17, 15) is 23.3 Å². The summed E-state index contributed by atoms with van der Waals surface area (Å²) in [5.74, 6) is -0.845. The normalized spacial score (nSPS) is 11.2. The summed E-state index contributed by atoms with van der Waals surface area (Å²) in [4.78, 5) is 26.4. The summed E-state index contributed by atoms with van der Waals surface area (Å²) in [5.41, 5.74) is 4.60. The molecule has 0 unspecified atom stereocenters. The number of aromatic nitrogens is 2. The van der Waals surface area contributed by atoms with Crippen LogP contribution in [0.4, 0.5) is 5.69 Å². The van der Waals surface area contributed by atoms with Crippen molar-refractivity contribution in [3.8, 4) is 0 Å². The third-order valence-corrected chi connectivity index (χ3v) is 4.04. The molecule has 0 aliphatic rings. The smallest absolute Gasteiger partial charge is 0.269 e. The maximum absolute atomic E-state index is 12.1. The lowest BCUT2D eigenvalue weighted by molar-refractivity contribution is -0.384. The molecule has 0 bridgehead atoms. The van der Waals surface area contributed by atoms with E-state index in [1.807, 2.05) is 0 Å². The largest absolute Gasteiger partial charge is 0.364 e. The number of non-ortho nitro benzene ring substituents is 1. The molecule has 0 saturated carbocycles. The van der Waals surface area contributed by atoms with Gasteiger partial charge >= 0.3 is 0 Å². The lowest BCUT2D eigenvalue weighted by atomic mass is 10.3. The van der Waals surface area contributed by atoms with Crippen LogP contribution in [0.1, 0.15) is 10.5 Å². The fourth-order valence-electron chi connectivity index (χ4n) is 1.42. The zero-order valence-corrected chi connectivity index (χ0v) is 10.6. The van der Waals surface area contributed by atoms with Crippen LogP contribution in [0.3, 0.4) is 0 Å². The second-order valence-corrected chi connectivity index (χ2v) is 5.59. The second kappa shape index (κ2) is 4.74. The number of sulfone groups is 1. The molecule has 1 heterocycles. The van der Waals surface area contributed by atoms with Crippen LogP contribution >= 0.6 is 0 Å². The number of benzene rings is 1. The number of H-pyrrole nitrogens is 1. The van der Waals surface area contributed by atoms with E-state index in [2.05, 4.69) is 9.97 Å². The molecule has 104 valence electrons. The lowest BCUT2D eigenvalue weighted by Crippen LogP contribution is -2.12. The van der Waals surface area contributed by atoms with E-state index in [0.717, 1.165) is 30.5 Å². The summed E-state index contributed by atoms with van der Waals surface area (Å²) in [6, 6.07) is 4.29. The average Bonchev–Trinajstić information content (AvgIpc) is 2.89. The Balaban J connectivity index is 2.43. The number of nitro benzene ring substituents is 1. The van der Waals surface area contributed by atoms with Crippen LogP contribution in [0, 0.1) is 10.1 Å². The Kier molecular flexibility index (Phi) is 3.24. The molecule has 9 nitrogen and oxygen atoms in total. The second-order valence-electron chi connectivity index (χ2n) is 3.72. The predicted molar refractivity (Wildman–Crippen MR) is 65.7 cm³/mol. The Labute approximate surface area is 112 Å². The van der Waals surface area contributed by atoms with Crippen molar-refractivity contribution in [3.63, 3.8) is 0 Å². The minimum atomic E-state index is -3.99. The Morgan fingerprint density at radius 1 is 1.30 bits per heavy atom. The Bertz CT molecular complexity index is 778. The molecule has 2 aromatic rings. The molecule has 0 saturated heterocycles. The van der Waals surface area contributed by atoms with Crippen molar-refractivity contribution in [2.24, 2.45) is 5.73 Å². The third kappa shape index (κ3) is 2.36. The molecule has 3 N–H and O–H groups in total. The maximum atomic E-state index is 12.1. The van der Waals surface area contributed by atoms with Crippen LogP contribution in [-0.2, 0) is 9.84 Å². The highest BCUT2D eigenvalue weighted by atomic mass is 32.2. The number of primary amides is 1. The molecule has 0 spiro atoms. The van der Waals surface area contributed by atoms with E-state index in [0.29, 0.717) is 0 Å². The van der Waals surface area contributed by atoms with Gasteiger partial charge in [-0.25, -0.2) is 13.4 Å². The summed E-state index contributed by atoms with van der Waals surface area (Å²) in [5, 5.41) is 10.0. The number of hydrogen-bond donors (Lipinski definition) is 2. The van der Waals surface area contributed by atoms with E-state index in [1.165, 1.54) is 0 Å². The van der Waals surface area contributed by atoms with Crippen LogP contribution in [-0.4, -0.2) is 29.2 Å². The molecule has 1 aromatic carbocycles. The number of hydrogen-bond acceptors (Lipinski definition) is 6. The highest BCUT2D eigenvalue weighted by molar-refractivity contribution is 7.91. The molecule has 10 heteroatoms. The first-order chi connectivity index (χ1) is 9.32. The number of imidazole rings is 1. The van der Waals surface area contributed by atoms with Gasteiger partial charge in [0.2, 0.25) is 15.0 Å². The van der Waals surface area contributed by atoms with Gasteiger partial charge in [0.1, 0.15) is 5.69 Å². The molecule has 1 aromatic heterocycles. The van der Waals surface area contributed by atoms with Crippen LogP contribution in [0.15, 0.2) is 40.5 Å². The number of carbonyl (C=O) groups is 1. The number of rotatable bonds is 4. The van der Waals surface area contributed by atoms with Crippen LogP contribution in [0.25, 0.3) is 0 Å². The number of nitrogens with one attached hydrogen (secondary N) is 1. The number of nitro groups is 1. The van der Waals surface area contributed by atoms with Crippen LogP contribution < -0.4 is 5.73 Å². The zero-order chi connectivity index (χ0) is 14.9. The van der Waals surface area contributed by atoms with Gasteiger partial charge in [-0.2, -0.15) is 0 Å². The van der Waals surface area contributed by atoms with Crippen molar-refractivity contribution < 1.29 is 18.1 Å². The molecular formula is C10H8N4O5S. The van der Waals surface area contributed by atoms with E-state index >= 15 is 0 Å². The number of aromatic amines is 1. The highest BCUT2D eigenvalue weighted by Crippen LogP contribution is 2.21. The summed E-state index contributed by atoms with van der Waals surface area (Å²) in [6.07, 6.45) is 1.00. The summed E-state index contributed by atoms with van der Waals surface area (Å²) >= 11 is 0. The first-order valence-corrected chi connectivity index (χ1v) is 6.65. The molecule has 0 aliphatic carbocycles. The third-order valence-electron chi connectivity index (χ3n) is 2.43. The Hall–Kier alpha value is -2.75. The van der Waals surface area contributed by atoms with Gasteiger partial charge in [-0.3, -0.25) is 14.9 Å².